The Hall–Kier alpha value is -1.39. The van der Waals surface area contributed by atoms with Gasteiger partial charge in [0.1, 0.15) is 5.65 Å². The van der Waals surface area contributed by atoms with Gasteiger partial charge < -0.3 is 10.1 Å². The fourth-order valence-electron chi connectivity index (χ4n) is 2.23. The zero-order valence-electron chi connectivity index (χ0n) is 9.44. The third kappa shape index (κ3) is 1.48. The zero-order valence-corrected chi connectivity index (χ0v) is 11.0. The van der Waals surface area contributed by atoms with Crippen molar-refractivity contribution in [1.82, 2.24) is 9.38 Å². The molecule has 0 saturated carbocycles. The van der Waals surface area contributed by atoms with Crippen LogP contribution in [0.2, 0.25) is 0 Å². The zero-order chi connectivity index (χ0) is 12.0. The maximum absolute atomic E-state index is 5.77. The van der Waals surface area contributed by atoms with E-state index in [0.717, 1.165) is 26.9 Å². The molecule has 0 aliphatic heterocycles. The number of hydrogen-bond acceptors (Lipinski definition) is 2. The SMILES string of the molecule is Cc1nc2c3cccc(Br)c3ccn2c1CN. The second-order valence-corrected chi connectivity index (χ2v) is 4.91. The third-order valence-electron chi connectivity index (χ3n) is 3.09. The molecule has 0 saturated heterocycles. The van der Waals surface area contributed by atoms with Crippen LogP contribution in [-0.4, -0.2) is 9.38 Å². The molecule has 0 amide bonds. The first-order valence-corrected chi connectivity index (χ1v) is 6.26. The molecule has 0 aliphatic rings. The van der Waals surface area contributed by atoms with Crippen molar-refractivity contribution in [1.29, 1.82) is 0 Å². The lowest BCUT2D eigenvalue weighted by molar-refractivity contribution is 0.946. The molecule has 0 bridgehead atoms. The topological polar surface area (TPSA) is 43.3 Å². The minimum Gasteiger partial charge on any atom is -0.325 e. The van der Waals surface area contributed by atoms with Gasteiger partial charge in [-0.1, -0.05) is 28.1 Å². The number of nitrogens with two attached hydrogens (primary N) is 1. The fraction of sp³-hybridized carbons (Fsp3) is 0.154. The number of fused-ring (bicyclic) bond motifs is 3. The monoisotopic (exact) mass is 289 g/mol. The third-order valence-corrected chi connectivity index (χ3v) is 3.78. The molecule has 4 heteroatoms. The van der Waals surface area contributed by atoms with Crippen molar-refractivity contribution in [2.24, 2.45) is 5.73 Å². The Labute approximate surface area is 107 Å². The largest absolute Gasteiger partial charge is 0.325 e. The van der Waals surface area contributed by atoms with E-state index in [1.807, 2.05) is 25.3 Å². The van der Waals surface area contributed by atoms with Gasteiger partial charge in [0.05, 0.1) is 11.4 Å². The second kappa shape index (κ2) is 3.82. The molecule has 1 aromatic carbocycles. The van der Waals surface area contributed by atoms with Crippen LogP contribution >= 0.6 is 15.9 Å². The van der Waals surface area contributed by atoms with Gasteiger partial charge >= 0.3 is 0 Å². The summed E-state index contributed by atoms with van der Waals surface area (Å²) in [6, 6.07) is 8.24. The molecule has 0 spiro atoms. The van der Waals surface area contributed by atoms with E-state index in [4.69, 9.17) is 5.73 Å². The van der Waals surface area contributed by atoms with Gasteiger partial charge in [0.25, 0.3) is 0 Å². The van der Waals surface area contributed by atoms with Gasteiger partial charge in [-0.15, -0.1) is 0 Å². The Morgan fingerprint density at radius 3 is 2.88 bits per heavy atom. The molecule has 0 fully saturated rings. The maximum Gasteiger partial charge on any atom is 0.145 e. The fourth-order valence-corrected chi connectivity index (χ4v) is 2.72. The van der Waals surface area contributed by atoms with Gasteiger partial charge in [-0.3, -0.25) is 0 Å². The van der Waals surface area contributed by atoms with Crippen LogP contribution in [0.1, 0.15) is 11.4 Å². The van der Waals surface area contributed by atoms with Crippen LogP contribution in [0.25, 0.3) is 16.4 Å². The summed E-state index contributed by atoms with van der Waals surface area (Å²) in [7, 11) is 0. The molecule has 3 aromatic rings. The number of hydrogen-bond donors (Lipinski definition) is 1. The van der Waals surface area contributed by atoms with E-state index in [1.54, 1.807) is 0 Å². The lowest BCUT2D eigenvalue weighted by atomic mass is 10.2. The molecule has 0 atom stereocenters. The number of aryl methyl sites for hydroxylation is 1. The Bertz CT molecular complexity index is 715. The molecule has 2 aromatic heterocycles. The van der Waals surface area contributed by atoms with E-state index < -0.39 is 0 Å². The average Bonchev–Trinajstić information content (AvgIpc) is 2.65. The van der Waals surface area contributed by atoms with E-state index in [0.29, 0.717) is 6.54 Å². The van der Waals surface area contributed by atoms with Crippen molar-refractivity contribution >= 4 is 32.3 Å². The van der Waals surface area contributed by atoms with Crippen LogP contribution in [0.15, 0.2) is 34.9 Å². The minimum absolute atomic E-state index is 0.506. The lowest BCUT2D eigenvalue weighted by Gasteiger charge is -2.04. The summed E-state index contributed by atoms with van der Waals surface area (Å²) in [6.45, 7) is 2.51. The van der Waals surface area contributed by atoms with Crippen LogP contribution in [0.4, 0.5) is 0 Å². The van der Waals surface area contributed by atoms with Gasteiger partial charge in [0.15, 0.2) is 0 Å². The number of benzene rings is 1. The number of halogens is 1. The van der Waals surface area contributed by atoms with E-state index in [2.05, 4.69) is 37.4 Å². The van der Waals surface area contributed by atoms with Gasteiger partial charge in [-0.25, -0.2) is 4.98 Å². The van der Waals surface area contributed by atoms with Crippen LogP contribution in [-0.2, 0) is 6.54 Å². The second-order valence-electron chi connectivity index (χ2n) is 4.06. The van der Waals surface area contributed by atoms with Crippen molar-refractivity contribution in [3.8, 4) is 0 Å². The van der Waals surface area contributed by atoms with Gasteiger partial charge in [-0.05, 0) is 19.1 Å². The number of nitrogens with zero attached hydrogens (tertiary/aromatic N) is 2. The summed E-state index contributed by atoms with van der Waals surface area (Å²) in [4.78, 5) is 4.62. The summed E-state index contributed by atoms with van der Waals surface area (Å²) in [6.07, 6.45) is 2.03. The van der Waals surface area contributed by atoms with Crippen LogP contribution < -0.4 is 5.73 Å². The summed E-state index contributed by atoms with van der Waals surface area (Å²) in [5.74, 6) is 0. The predicted molar refractivity (Wildman–Crippen MR) is 73.0 cm³/mol. The van der Waals surface area contributed by atoms with Gasteiger partial charge in [-0.2, -0.15) is 0 Å². The van der Waals surface area contributed by atoms with Crippen molar-refractivity contribution in [3.63, 3.8) is 0 Å². The number of pyridine rings is 1. The molecule has 0 aliphatic carbocycles. The van der Waals surface area contributed by atoms with Crippen LogP contribution in [0.5, 0.6) is 0 Å². The van der Waals surface area contributed by atoms with E-state index in [9.17, 15) is 0 Å². The predicted octanol–water partition coefficient (Wildman–Crippen LogP) is 3.02. The molecule has 0 radical (unpaired) electrons. The molecule has 17 heavy (non-hydrogen) atoms. The summed E-state index contributed by atoms with van der Waals surface area (Å²) >= 11 is 3.56. The molecule has 2 N–H and O–H groups in total. The van der Waals surface area contributed by atoms with E-state index in [1.165, 1.54) is 5.39 Å². The quantitative estimate of drug-likeness (QED) is 0.748. The van der Waals surface area contributed by atoms with E-state index in [-0.39, 0.29) is 0 Å². The number of rotatable bonds is 1. The molecule has 3 nitrogen and oxygen atoms in total. The molecule has 86 valence electrons. The van der Waals surface area contributed by atoms with Crippen LogP contribution in [0, 0.1) is 6.92 Å². The summed E-state index contributed by atoms with van der Waals surface area (Å²) in [5.41, 5.74) is 8.81. The first-order chi connectivity index (χ1) is 8.22. The van der Waals surface area contributed by atoms with Gasteiger partial charge in [0.2, 0.25) is 0 Å². The Morgan fingerprint density at radius 1 is 1.29 bits per heavy atom. The molecular formula is C13H12BrN3. The summed E-state index contributed by atoms with van der Waals surface area (Å²) < 4.78 is 3.16. The normalized spacial score (nSPS) is 11.5. The number of imidazole rings is 1. The lowest BCUT2D eigenvalue weighted by Crippen LogP contribution is -2.02. The molecule has 3 rings (SSSR count). The Kier molecular flexibility index (Phi) is 2.42. The molecular weight excluding hydrogens is 278 g/mol. The highest BCUT2D eigenvalue weighted by molar-refractivity contribution is 9.10. The highest BCUT2D eigenvalue weighted by Gasteiger charge is 2.10. The Balaban J connectivity index is 2.53. The standard InChI is InChI=1S/C13H12BrN3/c1-8-12(7-15)17-6-5-9-10(13(17)16-8)3-2-4-11(9)14/h2-6H,7,15H2,1H3. The van der Waals surface area contributed by atoms with Crippen molar-refractivity contribution < 1.29 is 0 Å². The minimum atomic E-state index is 0.506. The Morgan fingerprint density at radius 2 is 2.12 bits per heavy atom. The molecule has 0 unspecified atom stereocenters. The van der Waals surface area contributed by atoms with Gasteiger partial charge in [0, 0.05) is 28.0 Å². The first kappa shape index (κ1) is 10.7. The van der Waals surface area contributed by atoms with Crippen molar-refractivity contribution in [2.75, 3.05) is 0 Å². The average molecular weight is 290 g/mol. The first-order valence-electron chi connectivity index (χ1n) is 5.47. The summed E-state index contributed by atoms with van der Waals surface area (Å²) in [5, 5.41) is 2.32. The highest BCUT2D eigenvalue weighted by atomic mass is 79.9. The van der Waals surface area contributed by atoms with E-state index >= 15 is 0 Å². The molecule has 2 heterocycles. The highest BCUT2D eigenvalue weighted by Crippen LogP contribution is 2.27. The van der Waals surface area contributed by atoms with Crippen LogP contribution in [0.3, 0.4) is 0 Å². The van der Waals surface area contributed by atoms with Crippen molar-refractivity contribution in [2.45, 2.75) is 13.5 Å². The smallest absolute Gasteiger partial charge is 0.145 e. The van der Waals surface area contributed by atoms with Crippen molar-refractivity contribution in [3.05, 3.63) is 46.3 Å². The number of aromatic nitrogens is 2. The maximum atomic E-state index is 5.77.